The second kappa shape index (κ2) is 4.60. The Labute approximate surface area is 80.5 Å². The van der Waals surface area contributed by atoms with E-state index in [0.717, 1.165) is 16.5 Å². The molecule has 0 aromatic heterocycles. The van der Waals surface area contributed by atoms with Gasteiger partial charge in [-0.05, 0) is 24.1 Å². The molecule has 0 aliphatic rings. The molecule has 66 valence electrons. The number of aliphatic hydroxyl groups excluding tert-OH is 1. The fraction of sp³-hybridized carbons (Fsp3) is 0.333. The van der Waals surface area contributed by atoms with Crippen molar-refractivity contribution in [3.8, 4) is 0 Å². The zero-order valence-corrected chi connectivity index (χ0v) is 8.29. The third-order valence-electron chi connectivity index (χ3n) is 1.62. The summed E-state index contributed by atoms with van der Waals surface area (Å²) in [7, 11) is 0. The van der Waals surface area contributed by atoms with Crippen LogP contribution in [0.15, 0.2) is 28.7 Å². The van der Waals surface area contributed by atoms with Crippen molar-refractivity contribution >= 4 is 15.9 Å². The third-order valence-corrected chi connectivity index (χ3v) is 2.11. The van der Waals surface area contributed by atoms with E-state index in [1.807, 2.05) is 24.3 Å². The first kappa shape index (κ1) is 9.71. The van der Waals surface area contributed by atoms with Crippen LogP contribution in [0.1, 0.15) is 5.56 Å². The minimum Gasteiger partial charge on any atom is -0.395 e. The first-order chi connectivity index (χ1) is 5.72. The highest BCUT2D eigenvalue weighted by atomic mass is 79.9. The highest BCUT2D eigenvalue weighted by Gasteiger charge is 2.01. The monoisotopic (exact) mass is 229 g/mol. The van der Waals surface area contributed by atoms with Crippen LogP contribution in [0.2, 0.25) is 0 Å². The van der Waals surface area contributed by atoms with Gasteiger partial charge in [0.25, 0.3) is 0 Å². The predicted molar refractivity (Wildman–Crippen MR) is 52.9 cm³/mol. The second-order valence-corrected chi connectivity index (χ2v) is 3.69. The summed E-state index contributed by atoms with van der Waals surface area (Å²) in [5, 5.41) is 8.73. The zero-order chi connectivity index (χ0) is 8.97. The Morgan fingerprint density at radius 2 is 2.25 bits per heavy atom. The lowest BCUT2D eigenvalue weighted by Gasteiger charge is -2.07. The van der Waals surface area contributed by atoms with Gasteiger partial charge in [-0.15, -0.1) is 0 Å². The van der Waals surface area contributed by atoms with Gasteiger partial charge in [-0.1, -0.05) is 28.1 Å². The summed E-state index contributed by atoms with van der Waals surface area (Å²) in [5.74, 6) is 0. The quantitative estimate of drug-likeness (QED) is 0.822. The van der Waals surface area contributed by atoms with Crippen LogP contribution in [0.4, 0.5) is 0 Å². The summed E-state index contributed by atoms with van der Waals surface area (Å²) >= 11 is 3.37. The van der Waals surface area contributed by atoms with Gasteiger partial charge in [-0.2, -0.15) is 0 Å². The van der Waals surface area contributed by atoms with E-state index in [-0.39, 0.29) is 12.6 Å². The van der Waals surface area contributed by atoms with Gasteiger partial charge in [0.1, 0.15) is 0 Å². The summed E-state index contributed by atoms with van der Waals surface area (Å²) < 4.78 is 1.05. The molecular formula is C9H12BrNO. The SMILES string of the molecule is N[C@H](CO)Cc1cccc(Br)c1. The number of halogens is 1. The van der Waals surface area contributed by atoms with Crippen molar-refractivity contribution in [1.29, 1.82) is 0 Å². The number of hydrogen-bond acceptors (Lipinski definition) is 2. The van der Waals surface area contributed by atoms with Crippen molar-refractivity contribution in [2.24, 2.45) is 5.73 Å². The molecule has 1 atom stereocenters. The lowest BCUT2D eigenvalue weighted by molar-refractivity contribution is 0.265. The molecule has 2 nitrogen and oxygen atoms in total. The number of rotatable bonds is 3. The maximum atomic E-state index is 8.73. The molecule has 0 radical (unpaired) electrons. The van der Waals surface area contributed by atoms with E-state index in [4.69, 9.17) is 10.8 Å². The maximum Gasteiger partial charge on any atom is 0.0585 e. The van der Waals surface area contributed by atoms with Crippen molar-refractivity contribution in [2.75, 3.05) is 6.61 Å². The number of benzene rings is 1. The normalized spacial score (nSPS) is 12.9. The Morgan fingerprint density at radius 3 is 2.83 bits per heavy atom. The fourth-order valence-electron chi connectivity index (χ4n) is 1.03. The van der Waals surface area contributed by atoms with Crippen LogP contribution in [0.25, 0.3) is 0 Å². The minimum atomic E-state index is -0.153. The lowest BCUT2D eigenvalue weighted by atomic mass is 10.1. The van der Waals surface area contributed by atoms with Gasteiger partial charge >= 0.3 is 0 Å². The van der Waals surface area contributed by atoms with Gasteiger partial charge in [0.05, 0.1) is 6.61 Å². The molecule has 0 aliphatic carbocycles. The van der Waals surface area contributed by atoms with Gasteiger partial charge < -0.3 is 10.8 Å². The molecule has 0 spiro atoms. The average Bonchev–Trinajstić information content (AvgIpc) is 2.04. The van der Waals surface area contributed by atoms with E-state index in [1.165, 1.54) is 0 Å². The molecule has 1 aromatic rings. The van der Waals surface area contributed by atoms with Crippen molar-refractivity contribution < 1.29 is 5.11 Å². The Balaban J connectivity index is 2.63. The van der Waals surface area contributed by atoms with Gasteiger partial charge in [0.2, 0.25) is 0 Å². The van der Waals surface area contributed by atoms with E-state index in [2.05, 4.69) is 15.9 Å². The molecule has 0 saturated carbocycles. The molecule has 0 aliphatic heterocycles. The van der Waals surface area contributed by atoms with Crippen molar-refractivity contribution in [3.05, 3.63) is 34.3 Å². The molecule has 0 saturated heterocycles. The first-order valence-electron chi connectivity index (χ1n) is 3.83. The molecule has 0 heterocycles. The predicted octanol–water partition coefficient (Wildman–Crippen LogP) is 1.31. The van der Waals surface area contributed by atoms with Crippen molar-refractivity contribution in [3.63, 3.8) is 0 Å². The molecule has 0 bridgehead atoms. The highest BCUT2D eigenvalue weighted by Crippen LogP contribution is 2.12. The van der Waals surface area contributed by atoms with Crippen molar-refractivity contribution in [1.82, 2.24) is 0 Å². The molecule has 12 heavy (non-hydrogen) atoms. The van der Waals surface area contributed by atoms with Gasteiger partial charge in [-0.3, -0.25) is 0 Å². The summed E-state index contributed by atoms with van der Waals surface area (Å²) in [6.07, 6.45) is 0.718. The summed E-state index contributed by atoms with van der Waals surface area (Å²) in [6, 6.07) is 7.78. The molecule has 1 rings (SSSR count). The standard InChI is InChI=1S/C9H12BrNO/c10-8-3-1-2-7(4-8)5-9(11)6-12/h1-4,9,12H,5-6,11H2/t9-/m0/s1. The van der Waals surface area contributed by atoms with Gasteiger partial charge in [-0.25, -0.2) is 0 Å². The number of hydrogen-bond donors (Lipinski definition) is 2. The molecule has 1 aromatic carbocycles. The van der Waals surface area contributed by atoms with E-state index in [1.54, 1.807) is 0 Å². The Hall–Kier alpha value is -0.380. The van der Waals surface area contributed by atoms with Crippen LogP contribution in [0.5, 0.6) is 0 Å². The minimum absolute atomic E-state index is 0.0342. The Kier molecular flexibility index (Phi) is 3.72. The average molecular weight is 230 g/mol. The van der Waals surface area contributed by atoms with Crippen LogP contribution in [0, 0.1) is 0 Å². The van der Waals surface area contributed by atoms with E-state index in [9.17, 15) is 0 Å². The molecule has 3 N–H and O–H groups in total. The maximum absolute atomic E-state index is 8.73. The number of nitrogens with two attached hydrogens (primary N) is 1. The molecule has 0 fully saturated rings. The summed E-state index contributed by atoms with van der Waals surface area (Å²) in [6.45, 7) is 0.0342. The molecule has 0 unspecified atom stereocenters. The Bertz CT molecular complexity index is 252. The van der Waals surface area contributed by atoms with E-state index >= 15 is 0 Å². The topological polar surface area (TPSA) is 46.2 Å². The van der Waals surface area contributed by atoms with Crippen LogP contribution in [-0.2, 0) is 6.42 Å². The Morgan fingerprint density at radius 1 is 1.50 bits per heavy atom. The van der Waals surface area contributed by atoms with Crippen molar-refractivity contribution in [2.45, 2.75) is 12.5 Å². The summed E-state index contributed by atoms with van der Waals surface area (Å²) in [4.78, 5) is 0. The smallest absolute Gasteiger partial charge is 0.0585 e. The van der Waals surface area contributed by atoms with Gasteiger partial charge in [0, 0.05) is 10.5 Å². The van der Waals surface area contributed by atoms with Gasteiger partial charge in [0.15, 0.2) is 0 Å². The fourth-order valence-corrected chi connectivity index (χ4v) is 1.48. The molecule has 0 amide bonds. The first-order valence-corrected chi connectivity index (χ1v) is 4.62. The van der Waals surface area contributed by atoms with Crippen LogP contribution in [-0.4, -0.2) is 17.8 Å². The highest BCUT2D eigenvalue weighted by molar-refractivity contribution is 9.10. The van der Waals surface area contributed by atoms with E-state index < -0.39 is 0 Å². The third kappa shape index (κ3) is 2.93. The zero-order valence-electron chi connectivity index (χ0n) is 6.70. The van der Waals surface area contributed by atoms with E-state index in [0.29, 0.717) is 0 Å². The van der Waals surface area contributed by atoms with Crippen LogP contribution >= 0.6 is 15.9 Å². The van der Waals surface area contributed by atoms with Crippen LogP contribution < -0.4 is 5.73 Å². The second-order valence-electron chi connectivity index (χ2n) is 2.78. The lowest BCUT2D eigenvalue weighted by Crippen LogP contribution is -2.26. The molecular weight excluding hydrogens is 218 g/mol. The van der Waals surface area contributed by atoms with Crippen LogP contribution in [0.3, 0.4) is 0 Å². The largest absolute Gasteiger partial charge is 0.395 e. The molecule has 3 heteroatoms. The number of aliphatic hydroxyl groups is 1. The summed E-state index contributed by atoms with van der Waals surface area (Å²) in [5.41, 5.74) is 6.73.